The number of benzene rings is 3. The first-order chi connectivity index (χ1) is 15.1. The standard InChI is InChI=1S/C24H16ClN3O3/c1-30-20-9-7-19(8-10-20)27-24(29)17(14-26)12-15-2-11-22-21(13-15)23(31-28-22)16-3-5-18(25)6-4-16/h2-13H,1H3,(H,27,29)/b17-12+. The van der Waals surface area contributed by atoms with Gasteiger partial charge in [0.15, 0.2) is 5.76 Å². The zero-order valence-corrected chi connectivity index (χ0v) is 17.2. The predicted octanol–water partition coefficient (Wildman–Crippen LogP) is 5.70. The minimum absolute atomic E-state index is 0.0281. The van der Waals surface area contributed by atoms with Crippen LogP contribution in [-0.4, -0.2) is 18.2 Å². The number of carbonyl (C=O) groups is 1. The van der Waals surface area contributed by atoms with Gasteiger partial charge in [0.25, 0.3) is 5.91 Å². The molecule has 4 aromatic rings. The van der Waals surface area contributed by atoms with Crippen LogP contribution in [0.5, 0.6) is 5.75 Å². The maximum atomic E-state index is 12.6. The van der Waals surface area contributed by atoms with Gasteiger partial charge in [-0.05, 0) is 72.3 Å². The first-order valence-electron chi connectivity index (χ1n) is 9.30. The fraction of sp³-hybridized carbons (Fsp3) is 0.0417. The van der Waals surface area contributed by atoms with E-state index in [9.17, 15) is 10.1 Å². The summed E-state index contributed by atoms with van der Waals surface area (Å²) in [6.45, 7) is 0. The lowest BCUT2D eigenvalue weighted by molar-refractivity contribution is -0.112. The van der Waals surface area contributed by atoms with E-state index in [-0.39, 0.29) is 5.57 Å². The van der Waals surface area contributed by atoms with Crippen molar-refractivity contribution < 1.29 is 14.1 Å². The second kappa shape index (κ2) is 8.74. The van der Waals surface area contributed by atoms with E-state index in [1.165, 1.54) is 6.08 Å². The van der Waals surface area contributed by atoms with Crippen LogP contribution in [0, 0.1) is 11.3 Å². The molecule has 6 nitrogen and oxygen atoms in total. The third-order valence-corrected chi connectivity index (χ3v) is 4.88. The van der Waals surface area contributed by atoms with Gasteiger partial charge < -0.3 is 14.6 Å². The molecule has 0 unspecified atom stereocenters. The van der Waals surface area contributed by atoms with Crippen molar-refractivity contribution >= 4 is 40.2 Å². The van der Waals surface area contributed by atoms with Gasteiger partial charge in [-0.1, -0.05) is 22.8 Å². The van der Waals surface area contributed by atoms with Crippen molar-refractivity contribution in [3.63, 3.8) is 0 Å². The Balaban J connectivity index is 1.63. The average molecular weight is 430 g/mol. The Morgan fingerprint density at radius 1 is 1.13 bits per heavy atom. The quantitative estimate of drug-likeness (QED) is 0.324. The van der Waals surface area contributed by atoms with Crippen molar-refractivity contribution in [2.24, 2.45) is 0 Å². The van der Waals surface area contributed by atoms with Crippen LogP contribution in [0.25, 0.3) is 28.3 Å². The molecule has 152 valence electrons. The van der Waals surface area contributed by atoms with Crippen LogP contribution in [0.4, 0.5) is 5.69 Å². The topological polar surface area (TPSA) is 88.1 Å². The fourth-order valence-corrected chi connectivity index (χ4v) is 3.17. The van der Waals surface area contributed by atoms with Crippen molar-refractivity contribution in [2.75, 3.05) is 12.4 Å². The van der Waals surface area contributed by atoms with E-state index in [4.69, 9.17) is 20.9 Å². The predicted molar refractivity (Wildman–Crippen MR) is 120 cm³/mol. The van der Waals surface area contributed by atoms with Gasteiger partial charge in [-0.25, -0.2) is 0 Å². The van der Waals surface area contributed by atoms with E-state index in [0.29, 0.717) is 33.3 Å². The Bertz CT molecular complexity index is 1320. The SMILES string of the molecule is COc1ccc(NC(=O)/C(C#N)=C/c2ccc3noc(-c4ccc(Cl)cc4)c3c2)cc1. The molecule has 3 aromatic carbocycles. The lowest BCUT2D eigenvalue weighted by Crippen LogP contribution is -2.13. The lowest BCUT2D eigenvalue weighted by Gasteiger charge is -2.05. The fourth-order valence-electron chi connectivity index (χ4n) is 3.05. The molecule has 0 saturated carbocycles. The number of hydrogen-bond acceptors (Lipinski definition) is 5. The molecule has 0 spiro atoms. The van der Waals surface area contributed by atoms with Gasteiger partial charge in [0, 0.05) is 16.3 Å². The molecular weight excluding hydrogens is 414 g/mol. The van der Waals surface area contributed by atoms with Crippen molar-refractivity contribution in [1.82, 2.24) is 5.16 Å². The highest BCUT2D eigenvalue weighted by atomic mass is 35.5. The molecule has 1 amide bonds. The molecule has 0 aliphatic rings. The normalized spacial score (nSPS) is 11.2. The summed E-state index contributed by atoms with van der Waals surface area (Å²) in [6, 6.07) is 21.4. The van der Waals surface area contributed by atoms with Gasteiger partial charge in [-0.2, -0.15) is 5.26 Å². The molecule has 0 aliphatic heterocycles. The van der Waals surface area contributed by atoms with Gasteiger partial charge in [0.05, 0.1) is 12.5 Å². The highest BCUT2D eigenvalue weighted by molar-refractivity contribution is 6.30. The van der Waals surface area contributed by atoms with E-state index in [0.717, 1.165) is 10.9 Å². The third kappa shape index (κ3) is 4.42. The number of anilines is 1. The van der Waals surface area contributed by atoms with E-state index >= 15 is 0 Å². The van der Waals surface area contributed by atoms with Crippen LogP contribution in [0.2, 0.25) is 5.02 Å². The first kappa shape index (κ1) is 20.2. The second-order valence-corrected chi connectivity index (χ2v) is 7.08. The Hall–Kier alpha value is -4.08. The van der Waals surface area contributed by atoms with Crippen LogP contribution < -0.4 is 10.1 Å². The molecular formula is C24H16ClN3O3. The molecule has 0 saturated heterocycles. The van der Waals surface area contributed by atoms with Gasteiger partial charge in [-0.15, -0.1) is 0 Å². The summed E-state index contributed by atoms with van der Waals surface area (Å²) < 4.78 is 10.6. The lowest BCUT2D eigenvalue weighted by atomic mass is 10.0. The molecule has 31 heavy (non-hydrogen) atoms. The van der Waals surface area contributed by atoms with Crippen molar-refractivity contribution in [2.45, 2.75) is 0 Å². The summed E-state index contributed by atoms with van der Waals surface area (Å²) in [6.07, 6.45) is 1.52. The monoisotopic (exact) mass is 429 g/mol. The molecule has 0 fully saturated rings. The summed E-state index contributed by atoms with van der Waals surface area (Å²) in [5, 5.41) is 17.7. The molecule has 1 aromatic heterocycles. The highest BCUT2D eigenvalue weighted by Gasteiger charge is 2.13. The number of fused-ring (bicyclic) bond motifs is 1. The van der Waals surface area contributed by atoms with Crippen molar-refractivity contribution in [3.05, 3.63) is 82.9 Å². The number of amides is 1. The summed E-state index contributed by atoms with van der Waals surface area (Å²) >= 11 is 5.96. The third-order valence-electron chi connectivity index (χ3n) is 4.63. The number of halogens is 1. The molecule has 4 rings (SSSR count). The largest absolute Gasteiger partial charge is 0.497 e. The number of carbonyl (C=O) groups excluding carboxylic acids is 1. The van der Waals surface area contributed by atoms with E-state index in [2.05, 4.69) is 10.5 Å². The molecule has 0 aliphatic carbocycles. The van der Waals surface area contributed by atoms with Crippen LogP contribution in [-0.2, 0) is 4.79 Å². The van der Waals surface area contributed by atoms with E-state index in [1.54, 1.807) is 55.6 Å². The number of nitrogens with zero attached hydrogens (tertiary/aromatic N) is 2. The number of methoxy groups -OCH3 is 1. The summed E-state index contributed by atoms with van der Waals surface area (Å²) in [4.78, 5) is 12.6. The zero-order chi connectivity index (χ0) is 21.8. The Morgan fingerprint density at radius 2 is 1.87 bits per heavy atom. The number of nitriles is 1. The number of nitrogens with one attached hydrogen (secondary N) is 1. The summed E-state index contributed by atoms with van der Waals surface area (Å²) in [5.74, 6) is 0.756. The maximum absolute atomic E-state index is 12.6. The Labute approximate surface area is 183 Å². The van der Waals surface area contributed by atoms with E-state index in [1.807, 2.05) is 24.3 Å². The van der Waals surface area contributed by atoms with Crippen molar-refractivity contribution in [3.8, 4) is 23.1 Å². The molecule has 0 atom stereocenters. The highest BCUT2D eigenvalue weighted by Crippen LogP contribution is 2.30. The Kier molecular flexibility index (Phi) is 5.69. The maximum Gasteiger partial charge on any atom is 0.266 e. The smallest absolute Gasteiger partial charge is 0.266 e. The molecule has 1 N–H and O–H groups in total. The zero-order valence-electron chi connectivity index (χ0n) is 16.4. The molecule has 1 heterocycles. The van der Waals surface area contributed by atoms with Crippen LogP contribution in [0.3, 0.4) is 0 Å². The number of aromatic nitrogens is 1. The number of hydrogen-bond donors (Lipinski definition) is 1. The van der Waals surface area contributed by atoms with Crippen LogP contribution >= 0.6 is 11.6 Å². The van der Waals surface area contributed by atoms with E-state index < -0.39 is 5.91 Å². The minimum Gasteiger partial charge on any atom is -0.497 e. The van der Waals surface area contributed by atoms with Gasteiger partial charge in [0.2, 0.25) is 0 Å². The van der Waals surface area contributed by atoms with Crippen LogP contribution in [0.15, 0.2) is 76.8 Å². The van der Waals surface area contributed by atoms with Gasteiger partial charge in [-0.3, -0.25) is 4.79 Å². The molecule has 7 heteroatoms. The van der Waals surface area contributed by atoms with Crippen molar-refractivity contribution in [1.29, 1.82) is 5.26 Å². The number of rotatable bonds is 5. The summed E-state index contributed by atoms with van der Waals surface area (Å²) in [5.41, 5.74) is 2.70. The average Bonchev–Trinajstić information content (AvgIpc) is 3.21. The Morgan fingerprint density at radius 3 is 2.55 bits per heavy atom. The minimum atomic E-state index is -0.504. The second-order valence-electron chi connectivity index (χ2n) is 6.65. The molecule has 0 bridgehead atoms. The van der Waals surface area contributed by atoms with Gasteiger partial charge in [0.1, 0.15) is 22.9 Å². The molecule has 0 radical (unpaired) electrons. The van der Waals surface area contributed by atoms with Gasteiger partial charge >= 0.3 is 0 Å². The van der Waals surface area contributed by atoms with Crippen LogP contribution in [0.1, 0.15) is 5.56 Å². The first-order valence-corrected chi connectivity index (χ1v) is 9.68. The number of ether oxygens (including phenoxy) is 1. The summed E-state index contributed by atoms with van der Waals surface area (Å²) in [7, 11) is 1.56.